The standard InChI is InChI=1S/C16H22N2O3/c1-4-12-14(19)17-16(3,11-7-8-11)15(20)18(12)10(2)13-6-5-9-21-13/h5-6,9-12H,4,7-8H2,1-3H3,(H,17,19). The van der Waals surface area contributed by atoms with Gasteiger partial charge in [-0.05, 0) is 51.2 Å². The molecule has 2 amide bonds. The molecule has 3 unspecified atom stereocenters. The third kappa shape index (κ3) is 2.15. The van der Waals surface area contributed by atoms with Gasteiger partial charge in [-0.1, -0.05) is 6.92 Å². The Labute approximate surface area is 124 Å². The SMILES string of the molecule is CCC1C(=O)NC(C)(C2CC2)C(=O)N1C(C)c1ccco1. The second-order valence-corrected chi connectivity index (χ2v) is 6.29. The maximum Gasteiger partial charge on any atom is 0.249 e. The Balaban J connectivity index is 1.96. The van der Waals surface area contributed by atoms with Crippen molar-refractivity contribution in [1.82, 2.24) is 10.2 Å². The summed E-state index contributed by atoms with van der Waals surface area (Å²) < 4.78 is 5.44. The highest BCUT2D eigenvalue weighted by atomic mass is 16.3. The number of piperazine rings is 1. The van der Waals surface area contributed by atoms with E-state index in [1.54, 1.807) is 17.2 Å². The van der Waals surface area contributed by atoms with Crippen molar-refractivity contribution < 1.29 is 14.0 Å². The minimum atomic E-state index is -0.760. The molecule has 2 fully saturated rings. The minimum absolute atomic E-state index is 0.0142. The predicted molar refractivity (Wildman–Crippen MR) is 77.3 cm³/mol. The summed E-state index contributed by atoms with van der Waals surface area (Å²) in [5, 5.41) is 2.97. The molecular weight excluding hydrogens is 268 g/mol. The van der Waals surface area contributed by atoms with Crippen LogP contribution in [0.2, 0.25) is 0 Å². The lowest BCUT2D eigenvalue weighted by Gasteiger charge is -2.46. The molecule has 1 N–H and O–H groups in total. The number of amides is 2. The number of nitrogens with one attached hydrogen (secondary N) is 1. The molecular formula is C16H22N2O3. The van der Waals surface area contributed by atoms with E-state index in [4.69, 9.17) is 4.42 Å². The molecule has 1 aromatic rings. The Hall–Kier alpha value is -1.78. The van der Waals surface area contributed by atoms with Gasteiger partial charge in [0.2, 0.25) is 11.8 Å². The number of furan rings is 1. The molecule has 0 aromatic carbocycles. The first-order chi connectivity index (χ1) is 9.99. The first-order valence-corrected chi connectivity index (χ1v) is 7.67. The van der Waals surface area contributed by atoms with Crippen LogP contribution in [-0.4, -0.2) is 28.3 Å². The molecule has 1 aliphatic carbocycles. The summed E-state index contributed by atoms with van der Waals surface area (Å²) in [5.41, 5.74) is -0.760. The van der Waals surface area contributed by atoms with Crippen LogP contribution < -0.4 is 5.32 Å². The lowest BCUT2D eigenvalue weighted by molar-refractivity contribution is -0.158. The van der Waals surface area contributed by atoms with E-state index in [2.05, 4.69) is 5.32 Å². The molecule has 3 rings (SSSR count). The van der Waals surface area contributed by atoms with Crippen LogP contribution in [0.25, 0.3) is 0 Å². The fourth-order valence-electron chi connectivity index (χ4n) is 3.36. The zero-order valence-corrected chi connectivity index (χ0v) is 12.8. The van der Waals surface area contributed by atoms with Gasteiger partial charge in [0.1, 0.15) is 17.3 Å². The average molecular weight is 290 g/mol. The van der Waals surface area contributed by atoms with Crippen molar-refractivity contribution in [2.75, 3.05) is 0 Å². The third-order valence-electron chi connectivity index (χ3n) is 4.85. The molecule has 0 bridgehead atoms. The predicted octanol–water partition coefficient (Wildman–Crippen LogP) is 2.25. The Morgan fingerprint density at radius 3 is 2.71 bits per heavy atom. The second-order valence-electron chi connectivity index (χ2n) is 6.29. The molecule has 1 aliphatic heterocycles. The third-order valence-corrected chi connectivity index (χ3v) is 4.85. The Bertz CT molecular complexity index is 550. The Kier molecular flexibility index (Phi) is 3.30. The zero-order valence-electron chi connectivity index (χ0n) is 12.8. The van der Waals surface area contributed by atoms with Crippen LogP contribution in [0.5, 0.6) is 0 Å². The number of carbonyl (C=O) groups excluding carboxylic acids is 2. The van der Waals surface area contributed by atoms with E-state index >= 15 is 0 Å². The summed E-state index contributed by atoms with van der Waals surface area (Å²) >= 11 is 0. The number of carbonyl (C=O) groups is 2. The summed E-state index contributed by atoms with van der Waals surface area (Å²) in [6.07, 6.45) is 4.20. The van der Waals surface area contributed by atoms with Crippen LogP contribution in [-0.2, 0) is 9.59 Å². The molecule has 5 nitrogen and oxygen atoms in total. The normalized spacial score (nSPS) is 31.2. The van der Waals surface area contributed by atoms with Crippen LogP contribution in [0, 0.1) is 5.92 Å². The number of hydrogen-bond acceptors (Lipinski definition) is 3. The summed E-state index contributed by atoms with van der Waals surface area (Å²) in [4.78, 5) is 27.2. The van der Waals surface area contributed by atoms with E-state index in [0.29, 0.717) is 6.42 Å². The van der Waals surface area contributed by atoms with Crippen LogP contribution in [0.4, 0.5) is 0 Å². The van der Waals surface area contributed by atoms with Gasteiger partial charge in [0.25, 0.3) is 0 Å². The van der Waals surface area contributed by atoms with E-state index in [1.807, 2.05) is 26.8 Å². The molecule has 1 aromatic heterocycles. The van der Waals surface area contributed by atoms with Gasteiger partial charge in [-0.25, -0.2) is 0 Å². The molecule has 3 atom stereocenters. The molecule has 5 heteroatoms. The molecule has 2 aliphatic rings. The van der Waals surface area contributed by atoms with E-state index in [1.165, 1.54) is 0 Å². The van der Waals surface area contributed by atoms with Gasteiger partial charge < -0.3 is 14.6 Å². The highest BCUT2D eigenvalue weighted by Gasteiger charge is 2.56. The van der Waals surface area contributed by atoms with Crippen molar-refractivity contribution in [2.45, 2.75) is 57.7 Å². The van der Waals surface area contributed by atoms with E-state index < -0.39 is 11.6 Å². The van der Waals surface area contributed by atoms with Crippen LogP contribution in [0.3, 0.4) is 0 Å². The molecule has 21 heavy (non-hydrogen) atoms. The summed E-state index contributed by atoms with van der Waals surface area (Å²) in [5.74, 6) is 0.943. The van der Waals surface area contributed by atoms with Gasteiger partial charge in [-0.2, -0.15) is 0 Å². The Morgan fingerprint density at radius 2 is 2.19 bits per heavy atom. The smallest absolute Gasteiger partial charge is 0.249 e. The minimum Gasteiger partial charge on any atom is -0.467 e. The van der Waals surface area contributed by atoms with Gasteiger partial charge in [-0.3, -0.25) is 9.59 Å². The molecule has 1 saturated heterocycles. The molecule has 1 saturated carbocycles. The largest absolute Gasteiger partial charge is 0.467 e. The van der Waals surface area contributed by atoms with E-state index in [9.17, 15) is 9.59 Å². The maximum absolute atomic E-state index is 13.0. The maximum atomic E-state index is 13.0. The first-order valence-electron chi connectivity index (χ1n) is 7.67. The molecule has 0 radical (unpaired) electrons. The molecule has 114 valence electrons. The second kappa shape index (κ2) is 4.90. The fraction of sp³-hybridized carbons (Fsp3) is 0.625. The topological polar surface area (TPSA) is 62.6 Å². The number of nitrogens with zero attached hydrogens (tertiary/aromatic N) is 1. The van der Waals surface area contributed by atoms with Crippen molar-refractivity contribution in [1.29, 1.82) is 0 Å². The van der Waals surface area contributed by atoms with Gasteiger partial charge in [-0.15, -0.1) is 0 Å². The molecule has 2 heterocycles. The number of rotatable bonds is 4. The van der Waals surface area contributed by atoms with Gasteiger partial charge in [0, 0.05) is 0 Å². The fourth-order valence-corrected chi connectivity index (χ4v) is 3.36. The monoisotopic (exact) mass is 290 g/mol. The van der Waals surface area contributed by atoms with Crippen molar-refractivity contribution in [3.8, 4) is 0 Å². The number of hydrogen-bond donors (Lipinski definition) is 1. The van der Waals surface area contributed by atoms with Gasteiger partial charge in [0.15, 0.2) is 0 Å². The van der Waals surface area contributed by atoms with Gasteiger partial charge in [0.05, 0.1) is 12.3 Å². The highest BCUT2D eigenvalue weighted by Crippen LogP contribution is 2.44. The van der Waals surface area contributed by atoms with Crippen molar-refractivity contribution in [3.63, 3.8) is 0 Å². The van der Waals surface area contributed by atoms with Crippen molar-refractivity contribution in [3.05, 3.63) is 24.2 Å². The highest BCUT2D eigenvalue weighted by molar-refractivity contribution is 6.00. The lowest BCUT2D eigenvalue weighted by atomic mass is 9.87. The lowest BCUT2D eigenvalue weighted by Crippen LogP contribution is -2.70. The molecule has 0 spiro atoms. The van der Waals surface area contributed by atoms with Crippen LogP contribution in [0.15, 0.2) is 22.8 Å². The van der Waals surface area contributed by atoms with E-state index in [-0.39, 0.29) is 23.8 Å². The van der Waals surface area contributed by atoms with Crippen molar-refractivity contribution in [2.24, 2.45) is 5.92 Å². The van der Waals surface area contributed by atoms with Crippen LogP contribution >= 0.6 is 0 Å². The Morgan fingerprint density at radius 1 is 1.48 bits per heavy atom. The quantitative estimate of drug-likeness (QED) is 0.925. The van der Waals surface area contributed by atoms with Crippen molar-refractivity contribution >= 4 is 11.8 Å². The zero-order chi connectivity index (χ0) is 15.2. The summed E-state index contributed by atoms with van der Waals surface area (Å²) in [6.45, 7) is 5.71. The van der Waals surface area contributed by atoms with E-state index in [0.717, 1.165) is 18.6 Å². The van der Waals surface area contributed by atoms with Crippen LogP contribution in [0.1, 0.15) is 51.8 Å². The summed E-state index contributed by atoms with van der Waals surface area (Å²) in [7, 11) is 0. The summed E-state index contributed by atoms with van der Waals surface area (Å²) in [6, 6.07) is 3.00. The average Bonchev–Trinajstić information content (AvgIpc) is 3.18. The first kappa shape index (κ1) is 14.2. The van der Waals surface area contributed by atoms with Gasteiger partial charge >= 0.3 is 0 Å².